The van der Waals surface area contributed by atoms with Gasteiger partial charge in [0.2, 0.25) is 0 Å². The molecular formula is C9H9BrN4O2S. The quantitative estimate of drug-likeness (QED) is 0.900. The number of hydrogen-bond donors (Lipinski definition) is 2. The van der Waals surface area contributed by atoms with Gasteiger partial charge in [-0.1, -0.05) is 0 Å². The number of thiazole rings is 1. The highest BCUT2D eigenvalue weighted by molar-refractivity contribution is 9.10. The minimum absolute atomic E-state index is 0.549. The molecule has 0 aromatic carbocycles. The van der Waals surface area contributed by atoms with E-state index in [1.165, 1.54) is 17.5 Å². The average molecular weight is 317 g/mol. The molecule has 0 spiro atoms. The largest absolute Gasteiger partial charge is 0.479 e. The van der Waals surface area contributed by atoms with E-state index >= 15 is 0 Å². The van der Waals surface area contributed by atoms with Crippen LogP contribution in [-0.4, -0.2) is 25.8 Å². The van der Waals surface area contributed by atoms with Gasteiger partial charge in [-0.2, -0.15) is 5.10 Å². The van der Waals surface area contributed by atoms with Crippen LogP contribution in [0, 0.1) is 0 Å². The molecule has 0 bridgehead atoms. The predicted octanol–water partition coefficient (Wildman–Crippen LogP) is 1.88. The molecular weight excluding hydrogens is 308 g/mol. The maximum Gasteiger partial charge on any atom is 0.331 e. The first-order chi connectivity index (χ1) is 8.06. The van der Waals surface area contributed by atoms with Gasteiger partial charge in [0, 0.05) is 24.2 Å². The lowest BCUT2D eigenvalue weighted by atomic mass is 10.2. The topological polar surface area (TPSA) is 80.0 Å². The van der Waals surface area contributed by atoms with Crippen LogP contribution in [-0.2, 0) is 11.8 Å². The van der Waals surface area contributed by atoms with Gasteiger partial charge in [0.1, 0.15) is 4.60 Å². The van der Waals surface area contributed by atoms with E-state index in [1.807, 2.05) is 0 Å². The van der Waals surface area contributed by atoms with Crippen molar-refractivity contribution in [2.24, 2.45) is 7.05 Å². The fourth-order valence-corrected chi connectivity index (χ4v) is 2.49. The Bertz CT molecular complexity index is 539. The second-order valence-electron chi connectivity index (χ2n) is 3.34. The molecule has 2 N–H and O–H groups in total. The SMILES string of the molecule is Cn1cc(C(Nc2nc(Br)cs2)C(=O)O)cn1. The maximum absolute atomic E-state index is 11.2. The summed E-state index contributed by atoms with van der Waals surface area (Å²) in [5.41, 5.74) is 0.589. The molecule has 17 heavy (non-hydrogen) atoms. The minimum atomic E-state index is -0.968. The summed E-state index contributed by atoms with van der Waals surface area (Å²) in [6, 6.07) is -0.846. The van der Waals surface area contributed by atoms with Gasteiger partial charge in [-0.15, -0.1) is 11.3 Å². The molecule has 1 atom stereocenters. The third kappa shape index (κ3) is 2.83. The first kappa shape index (κ1) is 12.1. The van der Waals surface area contributed by atoms with E-state index in [0.717, 1.165) is 0 Å². The van der Waals surface area contributed by atoms with Crippen molar-refractivity contribution in [2.75, 3.05) is 5.32 Å². The third-order valence-corrected chi connectivity index (χ3v) is 3.53. The number of aliphatic carboxylic acids is 1. The lowest BCUT2D eigenvalue weighted by molar-refractivity contribution is -0.138. The Balaban J connectivity index is 2.21. The summed E-state index contributed by atoms with van der Waals surface area (Å²) in [5, 5.41) is 18.3. The van der Waals surface area contributed by atoms with E-state index in [1.54, 1.807) is 23.3 Å². The van der Waals surface area contributed by atoms with Gasteiger partial charge in [0.05, 0.1) is 6.20 Å². The molecule has 2 rings (SSSR count). The van der Waals surface area contributed by atoms with Gasteiger partial charge in [-0.25, -0.2) is 9.78 Å². The lowest BCUT2D eigenvalue weighted by Crippen LogP contribution is -2.19. The van der Waals surface area contributed by atoms with Crippen LogP contribution < -0.4 is 5.32 Å². The summed E-state index contributed by atoms with van der Waals surface area (Å²) in [5.74, 6) is -0.968. The van der Waals surface area contributed by atoms with E-state index in [2.05, 4.69) is 31.3 Å². The molecule has 8 heteroatoms. The maximum atomic E-state index is 11.2. The van der Waals surface area contributed by atoms with Crippen molar-refractivity contribution in [2.45, 2.75) is 6.04 Å². The fourth-order valence-electron chi connectivity index (χ4n) is 1.32. The van der Waals surface area contributed by atoms with Crippen LogP contribution in [0.1, 0.15) is 11.6 Å². The third-order valence-electron chi connectivity index (χ3n) is 2.05. The number of aromatic nitrogens is 3. The van der Waals surface area contributed by atoms with Crippen molar-refractivity contribution in [3.05, 3.63) is 27.9 Å². The summed E-state index contributed by atoms with van der Waals surface area (Å²) >= 11 is 4.55. The van der Waals surface area contributed by atoms with Crippen LogP contribution in [0.25, 0.3) is 0 Å². The number of anilines is 1. The normalized spacial score (nSPS) is 12.4. The molecule has 2 aromatic rings. The minimum Gasteiger partial charge on any atom is -0.479 e. The van der Waals surface area contributed by atoms with Crippen LogP contribution >= 0.6 is 27.3 Å². The van der Waals surface area contributed by atoms with Gasteiger partial charge in [-0.05, 0) is 15.9 Å². The summed E-state index contributed by atoms with van der Waals surface area (Å²) in [7, 11) is 1.74. The standard InChI is InChI=1S/C9H9BrN4O2S/c1-14-3-5(2-11-14)7(8(15)16)13-9-12-6(10)4-17-9/h2-4,7H,1H3,(H,12,13)(H,15,16). The molecule has 0 aliphatic rings. The molecule has 90 valence electrons. The second-order valence-corrected chi connectivity index (χ2v) is 5.01. The van der Waals surface area contributed by atoms with Gasteiger partial charge in [0.15, 0.2) is 11.2 Å². The van der Waals surface area contributed by atoms with Crippen molar-refractivity contribution >= 4 is 38.4 Å². The van der Waals surface area contributed by atoms with Crippen LogP contribution in [0.15, 0.2) is 22.4 Å². The number of aryl methyl sites for hydroxylation is 1. The molecule has 0 amide bonds. The van der Waals surface area contributed by atoms with Crippen LogP contribution in [0.4, 0.5) is 5.13 Å². The van der Waals surface area contributed by atoms with Crippen LogP contribution in [0.3, 0.4) is 0 Å². The molecule has 0 saturated carbocycles. The molecule has 6 nitrogen and oxygen atoms in total. The molecule has 0 fully saturated rings. The number of hydrogen-bond acceptors (Lipinski definition) is 5. The Morgan fingerprint density at radius 1 is 1.71 bits per heavy atom. The Kier molecular flexibility index (Phi) is 3.43. The number of halogens is 1. The van der Waals surface area contributed by atoms with Crippen LogP contribution in [0.2, 0.25) is 0 Å². The number of rotatable bonds is 4. The highest BCUT2D eigenvalue weighted by atomic mass is 79.9. The van der Waals surface area contributed by atoms with Crippen molar-refractivity contribution in [1.82, 2.24) is 14.8 Å². The number of carbonyl (C=O) groups is 1. The Morgan fingerprint density at radius 2 is 2.47 bits per heavy atom. The van der Waals surface area contributed by atoms with E-state index in [-0.39, 0.29) is 0 Å². The summed E-state index contributed by atoms with van der Waals surface area (Å²) in [4.78, 5) is 15.3. The molecule has 0 radical (unpaired) electrons. The van der Waals surface area contributed by atoms with Crippen molar-refractivity contribution < 1.29 is 9.90 Å². The first-order valence-electron chi connectivity index (χ1n) is 4.65. The Morgan fingerprint density at radius 3 is 2.94 bits per heavy atom. The number of carboxylic acid groups (broad SMARTS) is 1. The average Bonchev–Trinajstić information content (AvgIpc) is 2.83. The lowest BCUT2D eigenvalue weighted by Gasteiger charge is -2.11. The smallest absolute Gasteiger partial charge is 0.331 e. The highest BCUT2D eigenvalue weighted by Crippen LogP contribution is 2.24. The summed E-state index contributed by atoms with van der Waals surface area (Å²) < 4.78 is 2.24. The van der Waals surface area contributed by atoms with E-state index < -0.39 is 12.0 Å². The number of carboxylic acids is 1. The molecule has 2 aromatic heterocycles. The van der Waals surface area contributed by atoms with Gasteiger partial charge in [0.25, 0.3) is 0 Å². The first-order valence-corrected chi connectivity index (χ1v) is 6.32. The molecule has 0 saturated heterocycles. The van der Waals surface area contributed by atoms with Gasteiger partial charge in [-0.3, -0.25) is 4.68 Å². The number of nitrogens with one attached hydrogen (secondary N) is 1. The van der Waals surface area contributed by atoms with Gasteiger partial charge < -0.3 is 10.4 Å². The molecule has 1 unspecified atom stereocenters. The Labute approximate surface area is 109 Å². The Hall–Kier alpha value is -1.41. The van der Waals surface area contributed by atoms with Gasteiger partial charge >= 0.3 is 5.97 Å². The highest BCUT2D eigenvalue weighted by Gasteiger charge is 2.22. The zero-order valence-corrected chi connectivity index (χ0v) is 11.2. The van der Waals surface area contributed by atoms with Crippen molar-refractivity contribution in [3.8, 4) is 0 Å². The number of nitrogens with zero attached hydrogens (tertiary/aromatic N) is 3. The predicted molar refractivity (Wildman–Crippen MR) is 67.0 cm³/mol. The zero-order chi connectivity index (χ0) is 12.4. The van der Waals surface area contributed by atoms with Crippen molar-refractivity contribution in [1.29, 1.82) is 0 Å². The van der Waals surface area contributed by atoms with E-state index in [9.17, 15) is 4.79 Å². The molecule has 2 heterocycles. The zero-order valence-electron chi connectivity index (χ0n) is 8.79. The molecule has 0 aliphatic carbocycles. The van der Waals surface area contributed by atoms with E-state index in [4.69, 9.17) is 5.11 Å². The van der Waals surface area contributed by atoms with E-state index in [0.29, 0.717) is 15.3 Å². The molecule has 0 aliphatic heterocycles. The fraction of sp³-hybridized carbons (Fsp3) is 0.222. The second kappa shape index (κ2) is 4.84. The monoisotopic (exact) mass is 316 g/mol. The van der Waals surface area contributed by atoms with Crippen molar-refractivity contribution in [3.63, 3.8) is 0 Å². The summed E-state index contributed by atoms with van der Waals surface area (Å²) in [6.07, 6.45) is 3.18. The van der Waals surface area contributed by atoms with Crippen LogP contribution in [0.5, 0.6) is 0 Å². The summed E-state index contributed by atoms with van der Waals surface area (Å²) in [6.45, 7) is 0.